The molecule has 5 heteroatoms. The van der Waals surface area contributed by atoms with E-state index < -0.39 is 0 Å². The molecule has 0 spiro atoms. The first kappa shape index (κ1) is 18.8. The van der Waals surface area contributed by atoms with E-state index >= 15 is 0 Å². The van der Waals surface area contributed by atoms with Crippen molar-refractivity contribution in [1.29, 1.82) is 0 Å². The minimum Gasteiger partial charge on any atom is -0.337 e. The molecule has 0 saturated carbocycles. The first-order valence-corrected chi connectivity index (χ1v) is 9.92. The summed E-state index contributed by atoms with van der Waals surface area (Å²) in [6.45, 7) is 5.00. The molecular formula is C23H26FN3O. The largest absolute Gasteiger partial charge is 0.337 e. The predicted molar refractivity (Wildman–Crippen MR) is 109 cm³/mol. The van der Waals surface area contributed by atoms with Gasteiger partial charge in [-0.25, -0.2) is 9.37 Å². The predicted octanol–water partition coefficient (Wildman–Crippen LogP) is 3.88. The van der Waals surface area contributed by atoms with E-state index in [0.717, 1.165) is 42.8 Å². The molecular weight excluding hydrogens is 353 g/mol. The molecule has 1 fully saturated rings. The van der Waals surface area contributed by atoms with E-state index in [2.05, 4.69) is 23.0 Å². The normalized spacial score (nSPS) is 18.4. The lowest BCUT2D eigenvalue weighted by atomic mass is 9.86. The summed E-state index contributed by atoms with van der Waals surface area (Å²) < 4.78 is 14.3. The summed E-state index contributed by atoms with van der Waals surface area (Å²) in [7, 11) is 2.07. The molecule has 0 bridgehead atoms. The lowest BCUT2D eigenvalue weighted by Crippen LogP contribution is -2.38. The van der Waals surface area contributed by atoms with Crippen LogP contribution in [0.1, 0.15) is 46.1 Å². The molecule has 28 heavy (non-hydrogen) atoms. The maximum atomic E-state index is 14.3. The van der Waals surface area contributed by atoms with Crippen LogP contribution in [0.25, 0.3) is 5.57 Å². The minimum atomic E-state index is -0.131. The fourth-order valence-corrected chi connectivity index (χ4v) is 4.30. The molecule has 0 atom stereocenters. The van der Waals surface area contributed by atoms with E-state index in [-0.39, 0.29) is 17.6 Å². The van der Waals surface area contributed by atoms with Gasteiger partial charge in [0.25, 0.3) is 5.91 Å². The smallest absolute Gasteiger partial charge is 0.272 e. The molecule has 0 aliphatic carbocycles. The number of pyridine rings is 1. The number of piperidine rings is 1. The lowest BCUT2D eigenvalue weighted by molar-refractivity contribution is 0.0706. The Morgan fingerprint density at radius 2 is 1.89 bits per heavy atom. The Bertz CT molecular complexity index is 896. The van der Waals surface area contributed by atoms with Gasteiger partial charge in [-0.2, -0.15) is 0 Å². The number of likely N-dealkylation sites (N-methyl/N-ethyl adjacent to an activating group) is 1. The van der Waals surface area contributed by atoms with Gasteiger partial charge in [-0.15, -0.1) is 0 Å². The van der Waals surface area contributed by atoms with Crippen molar-refractivity contribution >= 4 is 11.5 Å². The molecule has 1 aromatic heterocycles. The second-order valence-electron chi connectivity index (χ2n) is 7.87. The highest BCUT2D eigenvalue weighted by atomic mass is 19.1. The van der Waals surface area contributed by atoms with Gasteiger partial charge in [-0.05, 0) is 67.6 Å². The molecule has 0 unspecified atom stereocenters. The van der Waals surface area contributed by atoms with Gasteiger partial charge in [-0.3, -0.25) is 9.69 Å². The summed E-state index contributed by atoms with van der Waals surface area (Å²) >= 11 is 0. The van der Waals surface area contributed by atoms with Crippen molar-refractivity contribution < 1.29 is 9.18 Å². The van der Waals surface area contributed by atoms with Crippen LogP contribution in [0.15, 0.2) is 42.5 Å². The van der Waals surface area contributed by atoms with Gasteiger partial charge in [0.05, 0.1) is 5.69 Å². The quantitative estimate of drug-likeness (QED) is 0.812. The highest BCUT2D eigenvalue weighted by Gasteiger charge is 2.27. The number of nitrogens with zero attached hydrogens (tertiary/aromatic N) is 3. The Morgan fingerprint density at radius 3 is 2.57 bits per heavy atom. The van der Waals surface area contributed by atoms with E-state index in [4.69, 9.17) is 0 Å². The van der Waals surface area contributed by atoms with Crippen molar-refractivity contribution in [2.24, 2.45) is 0 Å². The zero-order valence-electron chi connectivity index (χ0n) is 16.5. The molecule has 1 aromatic carbocycles. The molecule has 3 heterocycles. The molecule has 4 nitrogen and oxygen atoms in total. The number of likely N-dealkylation sites (tertiary alicyclic amines) is 1. The minimum absolute atomic E-state index is 0.0301. The molecule has 2 aliphatic heterocycles. The number of hydrogen-bond donors (Lipinski definition) is 0. The van der Waals surface area contributed by atoms with Crippen LogP contribution in [0.3, 0.4) is 0 Å². The number of benzene rings is 1. The van der Waals surface area contributed by atoms with Crippen LogP contribution in [0.5, 0.6) is 0 Å². The topological polar surface area (TPSA) is 36.4 Å². The maximum Gasteiger partial charge on any atom is 0.272 e. The zero-order valence-corrected chi connectivity index (χ0v) is 16.5. The number of aromatic nitrogens is 1. The molecule has 1 amide bonds. The summed E-state index contributed by atoms with van der Waals surface area (Å²) in [5.41, 5.74) is 4.35. The fraction of sp³-hybridized carbons (Fsp3) is 0.391. The van der Waals surface area contributed by atoms with Gasteiger partial charge >= 0.3 is 0 Å². The summed E-state index contributed by atoms with van der Waals surface area (Å²) in [6, 6.07) is 10.9. The maximum absolute atomic E-state index is 14.3. The number of carbonyl (C=O) groups excluding carboxylic acids is 1. The summed E-state index contributed by atoms with van der Waals surface area (Å²) in [4.78, 5) is 21.7. The molecule has 2 aliphatic rings. The highest BCUT2D eigenvalue weighted by molar-refractivity contribution is 5.92. The van der Waals surface area contributed by atoms with E-state index in [1.54, 1.807) is 12.1 Å². The third-order valence-corrected chi connectivity index (χ3v) is 5.85. The van der Waals surface area contributed by atoms with Crippen LogP contribution >= 0.6 is 0 Å². The Morgan fingerprint density at radius 1 is 1.14 bits per heavy atom. The second-order valence-corrected chi connectivity index (χ2v) is 7.87. The van der Waals surface area contributed by atoms with Crippen molar-refractivity contribution in [2.45, 2.75) is 25.7 Å². The van der Waals surface area contributed by atoms with Crippen molar-refractivity contribution in [2.75, 3.05) is 33.2 Å². The van der Waals surface area contributed by atoms with Crippen LogP contribution in [-0.4, -0.2) is 53.9 Å². The van der Waals surface area contributed by atoms with Crippen molar-refractivity contribution in [3.8, 4) is 0 Å². The average Bonchev–Trinajstić information content (AvgIpc) is 3.14. The van der Waals surface area contributed by atoms with E-state index in [1.807, 2.05) is 30.0 Å². The van der Waals surface area contributed by atoms with E-state index in [0.29, 0.717) is 18.8 Å². The van der Waals surface area contributed by atoms with Crippen LogP contribution in [-0.2, 0) is 0 Å². The third-order valence-electron chi connectivity index (χ3n) is 5.85. The molecule has 0 radical (unpaired) electrons. The van der Waals surface area contributed by atoms with Crippen LogP contribution in [0.4, 0.5) is 4.39 Å². The van der Waals surface area contributed by atoms with Crippen LogP contribution in [0, 0.1) is 12.7 Å². The molecule has 146 valence electrons. The number of hydrogen-bond acceptors (Lipinski definition) is 3. The Labute approximate surface area is 165 Å². The van der Waals surface area contributed by atoms with Crippen molar-refractivity contribution in [1.82, 2.24) is 14.8 Å². The average molecular weight is 379 g/mol. The third kappa shape index (κ3) is 3.72. The Hall–Kier alpha value is -2.53. The first-order chi connectivity index (χ1) is 13.5. The van der Waals surface area contributed by atoms with Crippen molar-refractivity contribution in [3.05, 3.63) is 70.8 Å². The van der Waals surface area contributed by atoms with Gasteiger partial charge < -0.3 is 4.90 Å². The molecule has 0 N–H and O–H groups in total. The molecule has 1 saturated heterocycles. The van der Waals surface area contributed by atoms with Gasteiger partial charge in [0.2, 0.25) is 0 Å². The number of aryl methyl sites for hydroxylation is 1. The SMILES string of the molecule is Cc1cccc(F)c1C1CCN(C(=O)c2cccc(C3=CCN(C)C3)n2)CC1. The number of rotatable bonds is 3. The van der Waals surface area contributed by atoms with Gasteiger partial charge in [-0.1, -0.05) is 24.3 Å². The summed E-state index contributed by atoms with van der Waals surface area (Å²) in [5, 5.41) is 0. The zero-order chi connectivity index (χ0) is 19.7. The monoisotopic (exact) mass is 379 g/mol. The van der Waals surface area contributed by atoms with E-state index in [1.165, 1.54) is 11.6 Å². The standard InChI is InChI=1S/C23H26FN3O/c1-16-5-3-6-19(24)22(16)17-10-13-27(14-11-17)23(28)21-8-4-7-20(25-21)18-9-12-26(2)15-18/h3-9,17H,10-15H2,1-2H3. The van der Waals surface area contributed by atoms with Gasteiger partial charge in [0.15, 0.2) is 0 Å². The van der Waals surface area contributed by atoms with Crippen molar-refractivity contribution in [3.63, 3.8) is 0 Å². The van der Waals surface area contributed by atoms with Gasteiger partial charge in [0, 0.05) is 26.2 Å². The summed E-state index contributed by atoms with van der Waals surface area (Å²) in [5.74, 6) is 0.00943. The Balaban J connectivity index is 1.45. The summed E-state index contributed by atoms with van der Waals surface area (Å²) in [6.07, 6.45) is 3.73. The van der Waals surface area contributed by atoms with Crippen LogP contribution < -0.4 is 0 Å². The Kier molecular flexibility index (Phi) is 5.27. The fourth-order valence-electron chi connectivity index (χ4n) is 4.30. The second kappa shape index (κ2) is 7.84. The lowest BCUT2D eigenvalue weighted by Gasteiger charge is -2.32. The number of carbonyl (C=O) groups is 1. The van der Waals surface area contributed by atoms with Gasteiger partial charge in [0.1, 0.15) is 11.5 Å². The van der Waals surface area contributed by atoms with Crippen LogP contribution in [0.2, 0.25) is 0 Å². The molecule has 2 aromatic rings. The number of amides is 1. The number of halogens is 1. The first-order valence-electron chi connectivity index (χ1n) is 9.92. The molecule has 4 rings (SSSR count). The highest BCUT2D eigenvalue weighted by Crippen LogP contribution is 2.32. The van der Waals surface area contributed by atoms with E-state index in [9.17, 15) is 9.18 Å².